The SMILES string of the molecule is CCCCN(CC)C(=O)C[NH+]1CCN(S(=O)(=O)c2cc(OC)ccc2OC)CC1. The van der Waals surface area contributed by atoms with Crippen molar-refractivity contribution in [2.75, 3.05) is 60.0 Å². The van der Waals surface area contributed by atoms with Crippen LogP contribution in [0.2, 0.25) is 0 Å². The van der Waals surface area contributed by atoms with Gasteiger partial charge in [-0.15, -0.1) is 0 Å². The third-order valence-corrected chi connectivity index (χ3v) is 7.26. The van der Waals surface area contributed by atoms with Crippen LogP contribution in [0.4, 0.5) is 0 Å². The van der Waals surface area contributed by atoms with Gasteiger partial charge >= 0.3 is 0 Å². The number of benzene rings is 1. The van der Waals surface area contributed by atoms with Crippen LogP contribution in [0.25, 0.3) is 0 Å². The lowest BCUT2D eigenvalue weighted by atomic mass is 10.3. The maximum absolute atomic E-state index is 13.1. The van der Waals surface area contributed by atoms with E-state index in [0.29, 0.717) is 50.8 Å². The summed E-state index contributed by atoms with van der Waals surface area (Å²) in [5, 5.41) is 0. The summed E-state index contributed by atoms with van der Waals surface area (Å²) in [6, 6.07) is 4.76. The molecule has 0 aromatic heterocycles. The summed E-state index contributed by atoms with van der Waals surface area (Å²) in [5.41, 5.74) is 0. The highest BCUT2D eigenvalue weighted by atomic mass is 32.2. The molecular weight excluding hydrogens is 394 g/mol. The highest BCUT2D eigenvalue weighted by Crippen LogP contribution is 2.30. The van der Waals surface area contributed by atoms with Crippen LogP contribution in [0.3, 0.4) is 0 Å². The predicted molar refractivity (Wildman–Crippen MR) is 111 cm³/mol. The highest BCUT2D eigenvalue weighted by Gasteiger charge is 2.33. The van der Waals surface area contributed by atoms with Crippen LogP contribution in [-0.4, -0.2) is 83.6 Å². The van der Waals surface area contributed by atoms with Gasteiger partial charge in [0, 0.05) is 19.2 Å². The number of quaternary nitrogens is 1. The molecule has 1 saturated heterocycles. The van der Waals surface area contributed by atoms with Gasteiger partial charge in [-0.2, -0.15) is 4.31 Å². The zero-order valence-electron chi connectivity index (χ0n) is 17.9. The van der Waals surface area contributed by atoms with Gasteiger partial charge in [0.25, 0.3) is 5.91 Å². The second-order valence-corrected chi connectivity index (χ2v) is 9.08. The standard InChI is InChI=1S/C20H33N3O5S/c1-5-7-10-22(6-2)20(24)16-21-11-13-23(14-12-21)29(25,26)19-15-17(27-3)8-9-18(19)28-4/h8-9,15H,5-7,10-14,16H2,1-4H3/p+1. The van der Waals surface area contributed by atoms with Gasteiger partial charge in [0.05, 0.1) is 40.4 Å². The van der Waals surface area contributed by atoms with Gasteiger partial charge in [-0.3, -0.25) is 4.79 Å². The first-order valence-electron chi connectivity index (χ1n) is 10.2. The molecule has 1 aromatic carbocycles. The number of carbonyl (C=O) groups excluding carboxylic acids is 1. The molecule has 164 valence electrons. The predicted octanol–water partition coefficient (Wildman–Crippen LogP) is 0.242. The molecule has 1 aliphatic heterocycles. The van der Waals surface area contributed by atoms with Crippen molar-refractivity contribution in [2.24, 2.45) is 0 Å². The number of unbranched alkanes of at least 4 members (excludes halogenated alkanes) is 1. The minimum absolute atomic E-state index is 0.107. The molecular formula is C20H34N3O5S+. The van der Waals surface area contributed by atoms with E-state index in [2.05, 4.69) is 6.92 Å². The van der Waals surface area contributed by atoms with E-state index in [1.807, 2.05) is 11.8 Å². The number of rotatable bonds is 10. The number of hydrogen-bond acceptors (Lipinski definition) is 5. The van der Waals surface area contributed by atoms with Crippen LogP contribution in [0.5, 0.6) is 11.5 Å². The average Bonchev–Trinajstić information content (AvgIpc) is 2.74. The van der Waals surface area contributed by atoms with Gasteiger partial charge in [0.15, 0.2) is 6.54 Å². The summed E-state index contributed by atoms with van der Waals surface area (Å²) < 4.78 is 38.2. The van der Waals surface area contributed by atoms with Gasteiger partial charge in [-0.25, -0.2) is 8.42 Å². The van der Waals surface area contributed by atoms with E-state index in [1.165, 1.54) is 24.6 Å². The number of carbonyl (C=O) groups is 1. The number of ether oxygens (including phenoxy) is 2. The molecule has 1 heterocycles. The van der Waals surface area contributed by atoms with Gasteiger partial charge in [0.2, 0.25) is 10.0 Å². The van der Waals surface area contributed by atoms with Crippen LogP contribution in [-0.2, 0) is 14.8 Å². The zero-order chi connectivity index (χ0) is 21.4. The number of nitrogens with zero attached hydrogens (tertiary/aromatic N) is 2. The van der Waals surface area contributed by atoms with Crippen LogP contribution in [0, 0.1) is 0 Å². The van der Waals surface area contributed by atoms with E-state index in [-0.39, 0.29) is 10.8 Å². The Kier molecular flexibility index (Phi) is 8.73. The Labute approximate surface area is 174 Å². The first-order chi connectivity index (χ1) is 13.9. The lowest BCUT2D eigenvalue weighted by molar-refractivity contribution is -0.896. The van der Waals surface area contributed by atoms with E-state index < -0.39 is 10.0 Å². The Bertz CT molecular complexity index is 776. The number of sulfonamides is 1. The monoisotopic (exact) mass is 428 g/mol. The van der Waals surface area contributed by atoms with Gasteiger partial charge in [0.1, 0.15) is 16.4 Å². The van der Waals surface area contributed by atoms with Crippen LogP contribution in [0.15, 0.2) is 23.1 Å². The summed E-state index contributed by atoms with van der Waals surface area (Å²) >= 11 is 0. The quantitative estimate of drug-likeness (QED) is 0.578. The second-order valence-electron chi connectivity index (χ2n) is 7.17. The molecule has 1 amide bonds. The first kappa shape index (κ1) is 23.4. The number of hydrogen-bond donors (Lipinski definition) is 1. The topological polar surface area (TPSA) is 80.6 Å². The fourth-order valence-electron chi connectivity index (χ4n) is 3.48. The van der Waals surface area contributed by atoms with E-state index in [4.69, 9.17) is 9.47 Å². The normalized spacial score (nSPS) is 15.9. The van der Waals surface area contributed by atoms with Gasteiger partial charge in [-0.05, 0) is 25.5 Å². The maximum Gasteiger partial charge on any atom is 0.277 e. The largest absolute Gasteiger partial charge is 0.497 e. The maximum atomic E-state index is 13.1. The molecule has 9 heteroatoms. The van der Waals surface area contributed by atoms with Crippen molar-refractivity contribution in [3.05, 3.63) is 18.2 Å². The molecule has 8 nitrogen and oxygen atoms in total. The number of likely N-dealkylation sites (N-methyl/N-ethyl adjacent to an activating group) is 1. The summed E-state index contributed by atoms with van der Waals surface area (Å²) in [7, 11) is -0.754. The number of methoxy groups -OCH3 is 2. The Hall–Kier alpha value is -1.84. The Morgan fingerprint density at radius 2 is 1.86 bits per heavy atom. The summed E-state index contributed by atoms with van der Waals surface area (Å²) in [5.74, 6) is 0.901. The number of nitrogens with one attached hydrogen (secondary N) is 1. The van der Waals surface area contributed by atoms with E-state index in [9.17, 15) is 13.2 Å². The second kappa shape index (κ2) is 10.8. The molecule has 1 N–H and O–H groups in total. The molecule has 1 aliphatic rings. The van der Waals surface area contributed by atoms with Crippen molar-refractivity contribution in [3.63, 3.8) is 0 Å². The molecule has 0 bridgehead atoms. The van der Waals surface area contributed by atoms with E-state index in [0.717, 1.165) is 24.3 Å². The number of piperazine rings is 1. The zero-order valence-corrected chi connectivity index (χ0v) is 18.8. The van der Waals surface area contributed by atoms with Crippen molar-refractivity contribution in [1.29, 1.82) is 0 Å². The summed E-state index contributed by atoms with van der Waals surface area (Å²) in [6.07, 6.45) is 2.06. The van der Waals surface area contributed by atoms with Gasteiger partial charge in [-0.1, -0.05) is 13.3 Å². The Morgan fingerprint density at radius 3 is 2.41 bits per heavy atom. The summed E-state index contributed by atoms with van der Waals surface area (Å²) in [4.78, 5) is 15.7. The third kappa shape index (κ3) is 5.83. The minimum Gasteiger partial charge on any atom is -0.497 e. The van der Waals surface area contributed by atoms with Crippen LogP contribution < -0.4 is 14.4 Å². The molecule has 0 aliphatic carbocycles. The molecule has 0 spiro atoms. The third-order valence-electron chi connectivity index (χ3n) is 5.34. The Balaban J connectivity index is 2.02. The molecule has 0 radical (unpaired) electrons. The lowest BCUT2D eigenvalue weighted by Gasteiger charge is -2.32. The average molecular weight is 429 g/mol. The highest BCUT2D eigenvalue weighted by molar-refractivity contribution is 7.89. The molecule has 29 heavy (non-hydrogen) atoms. The van der Waals surface area contributed by atoms with E-state index >= 15 is 0 Å². The first-order valence-corrected chi connectivity index (χ1v) is 11.6. The smallest absolute Gasteiger partial charge is 0.277 e. The van der Waals surface area contributed by atoms with Crippen LogP contribution in [0.1, 0.15) is 26.7 Å². The van der Waals surface area contributed by atoms with Crippen molar-refractivity contribution in [2.45, 2.75) is 31.6 Å². The van der Waals surface area contributed by atoms with Gasteiger partial charge < -0.3 is 19.3 Å². The van der Waals surface area contributed by atoms with Crippen molar-refractivity contribution >= 4 is 15.9 Å². The van der Waals surface area contributed by atoms with Crippen molar-refractivity contribution in [3.8, 4) is 11.5 Å². The fourth-order valence-corrected chi connectivity index (χ4v) is 5.09. The molecule has 1 aromatic rings. The van der Waals surface area contributed by atoms with Crippen LogP contribution >= 0.6 is 0 Å². The minimum atomic E-state index is -3.70. The molecule has 1 fully saturated rings. The van der Waals surface area contributed by atoms with E-state index in [1.54, 1.807) is 12.1 Å². The summed E-state index contributed by atoms with van der Waals surface area (Å²) in [6.45, 7) is 7.95. The van der Waals surface area contributed by atoms with Crippen molar-refractivity contribution < 1.29 is 27.6 Å². The molecule has 2 rings (SSSR count). The fraction of sp³-hybridized carbons (Fsp3) is 0.650. The molecule has 0 unspecified atom stereocenters. The number of amides is 1. The van der Waals surface area contributed by atoms with Crippen molar-refractivity contribution in [1.82, 2.24) is 9.21 Å². The molecule has 0 atom stereocenters. The Morgan fingerprint density at radius 1 is 1.17 bits per heavy atom. The molecule has 0 saturated carbocycles. The lowest BCUT2D eigenvalue weighted by Crippen LogP contribution is -3.15.